The lowest BCUT2D eigenvalue weighted by Gasteiger charge is -2.02. The Morgan fingerprint density at radius 3 is 2.59 bits per heavy atom. The maximum absolute atomic E-state index is 13.6. The van der Waals surface area contributed by atoms with E-state index in [1.807, 2.05) is 26.0 Å². The van der Waals surface area contributed by atoms with Crippen molar-refractivity contribution in [1.29, 1.82) is 0 Å². The van der Waals surface area contributed by atoms with Crippen molar-refractivity contribution >= 4 is 32.6 Å². The summed E-state index contributed by atoms with van der Waals surface area (Å²) in [5.74, 6) is -2.27. The predicted molar refractivity (Wildman–Crippen MR) is 83.4 cm³/mol. The van der Waals surface area contributed by atoms with Crippen LogP contribution in [-0.2, 0) is 0 Å². The zero-order chi connectivity index (χ0) is 15.9. The van der Waals surface area contributed by atoms with Crippen molar-refractivity contribution in [2.75, 3.05) is 5.32 Å². The number of aromatic nitrogens is 1. The Morgan fingerprint density at radius 1 is 1.14 bits per heavy atom. The fraction of sp³-hybridized carbons (Fsp3) is 0.125. The molecule has 0 saturated carbocycles. The highest BCUT2D eigenvalue weighted by molar-refractivity contribution is 7.22. The maximum Gasteiger partial charge on any atom is 0.260 e. The largest absolute Gasteiger partial charge is 0.298 e. The monoisotopic (exact) mass is 318 g/mol. The van der Waals surface area contributed by atoms with Gasteiger partial charge in [-0.2, -0.15) is 0 Å². The normalized spacial score (nSPS) is 10.9. The molecule has 0 radical (unpaired) electrons. The topological polar surface area (TPSA) is 42.0 Å². The number of nitrogens with zero attached hydrogens (tertiary/aromatic N) is 1. The summed E-state index contributed by atoms with van der Waals surface area (Å²) in [5, 5.41) is 2.94. The van der Waals surface area contributed by atoms with Gasteiger partial charge in [0, 0.05) is 6.07 Å². The van der Waals surface area contributed by atoms with Crippen LogP contribution in [0, 0.1) is 25.5 Å². The summed E-state index contributed by atoms with van der Waals surface area (Å²) >= 11 is 1.31. The Hall–Kier alpha value is -2.34. The van der Waals surface area contributed by atoms with E-state index in [2.05, 4.69) is 10.3 Å². The van der Waals surface area contributed by atoms with E-state index >= 15 is 0 Å². The van der Waals surface area contributed by atoms with Crippen molar-refractivity contribution in [3.05, 3.63) is 58.7 Å². The minimum Gasteiger partial charge on any atom is -0.298 e. The first kappa shape index (κ1) is 14.6. The molecule has 1 aromatic heterocycles. The van der Waals surface area contributed by atoms with Crippen molar-refractivity contribution in [3.8, 4) is 0 Å². The van der Waals surface area contributed by atoms with Gasteiger partial charge in [0.1, 0.15) is 11.6 Å². The zero-order valence-electron chi connectivity index (χ0n) is 11.9. The first-order valence-electron chi connectivity index (χ1n) is 6.58. The van der Waals surface area contributed by atoms with Gasteiger partial charge >= 0.3 is 0 Å². The Morgan fingerprint density at radius 2 is 1.86 bits per heavy atom. The van der Waals surface area contributed by atoms with Crippen LogP contribution in [0.25, 0.3) is 10.2 Å². The lowest BCUT2D eigenvalue weighted by molar-refractivity contribution is 0.102. The molecule has 2 aromatic carbocycles. The number of benzene rings is 2. The van der Waals surface area contributed by atoms with E-state index in [-0.39, 0.29) is 5.56 Å². The SMILES string of the molecule is Cc1cc2nc(NC(=O)c3ccc(F)cc3F)sc2cc1C. The van der Waals surface area contributed by atoms with Crippen molar-refractivity contribution in [2.24, 2.45) is 0 Å². The van der Waals surface area contributed by atoms with Crippen molar-refractivity contribution < 1.29 is 13.6 Å². The van der Waals surface area contributed by atoms with Gasteiger partial charge in [0.05, 0.1) is 15.8 Å². The van der Waals surface area contributed by atoms with E-state index in [4.69, 9.17) is 0 Å². The van der Waals surface area contributed by atoms with Gasteiger partial charge < -0.3 is 0 Å². The van der Waals surface area contributed by atoms with Crippen LogP contribution in [-0.4, -0.2) is 10.9 Å². The molecule has 22 heavy (non-hydrogen) atoms. The zero-order valence-corrected chi connectivity index (χ0v) is 12.7. The minimum absolute atomic E-state index is 0.215. The molecular formula is C16H12F2N2OS. The highest BCUT2D eigenvalue weighted by atomic mass is 32.1. The molecule has 0 atom stereocenters. The van der Waals surface area contributed by atoms with Gasteiger partial charge in [-0.3, -0.25) is 10.1 Å². The third-order valence-corrected chi connectivity index (χ3v) is 4.33. The number of hydrogen-bond donors (Lipinski definition) is 1. The fourth-order valence-electron chi connectivity index (χ4n) is 2.07. The lowest BCUT2D eigenvalue weighted by atomic mass is 10.1. The van der Waals surface area contributed by atoms with Crippen LogP contribution in [0.4, 0.5) is 13.9 Å². The summed E-state index contributed by atoms with van der Waals surface area (Å²) in [7, 11) is 0. The van der Waals surface area contributed by atoms with Crippen LogP contribution < -0.4 is 5.32 Å². The molecule has 0 aliphatic heterocycles. The highest BCUT2D eigenvalue weighted by Gasteiger charge is 2.15. The number of fused-ring (bicyclic) bond motifs is 1. The summed E-state index contributed by atoms with van der Waals surface area (Å²) in [6.07, 6.45) is 0. The van der Waals surface area contributed by atoms with Crippen LogP contribution >= 0.6 is 11.3 Å². The van der Waals surface area contributed by atoms with Crippen molar-refractivity contribution in [3.63, 3.8) is 0 Å². The molecule has 0 saturated heterocycles. The highest BCUT2D eigenvalue weighted by Crippen LogP contribution is 2.28. The Labute approximate surface area is 129 Å². The quantitative estimate of drug-likeness (QED) is 0.759. The van der Waals surface area contributed by atoms with Gasteiger partial charge in [-0.1, -0.05) is 11.3 Å². The lowest BCUT2D eigenvalue weighted by Crippen LogP contribution is -2.13. The molecule has 0 spiro atoms. The number of halogens is 2. The summed E-state index contributed by atoms with van der Waals surface area (Å²) in [5.41, 5.74) is 2.81. The molecule has 6 heteroatoms. The van der Waals surface area contributed by atoms with Crippen LogP contribution in [0.2, 0.25) is 0 Å². The molecule has 112 valence electrons. The molecule has 1 heterocycles. The van der Waals surface area contributed by atoms with E-state index in [0.717, 1.165) is 33.5 Å². The average Bonchev–Trinajstić information content (AvgIpc) is 2.80. The van der Waals surface area contributed by atoms with Crippen LogP contribution in [0.15, 0.2) is 30.3 Å². The number of aryl methyl sites for hydroxylation is 2. The smallest absolute Gasteiger partial charge is 0.260 e. The number of thiazole rings is 1. The predicted octanol–water partition coefficient (Wildman–Crippen LogP) is 4.44. The molecule has 3 aromatic rings. The van der Waals surface area contributed by atoms with Gasteiger partial charge in [-0.05, 0) is 49.2 Å². The number of carbonyl (C=O) groups is 1. The molecule has 3 rings (SSSR count). The molecule has 0 aliphatic carbocycles. The summed E-state index contributed by atoms with van der Waals surface area (Å²) in [6.45, 7) is 3.99. The van der Waals surface area contributed by atoms with E-state index in [0.29, 0.717) is 11.2 Å². The Kier molecular flexibility index (Phi) is 3.62. The van der Waals surface area contributed by atoms with Gasteiger partial charge in [0.25, 0.3) is 5.91 Å². The molecule has 0 aliphatic rings. The maximum atomic E-state index is 13.6. The van der Waals surface area contributed by atoms with Gasteiger partial charge in [0.2, 0.25) is 0 Å². The second-order valence-corrected chi connectivity index (χ2v) is 6.03. The average molecular weight is 318 g/mol. The molecule has 0 bridgehead atoms. The number of hydrogen-bond acceptors (Lipinski definition) is 3. The van der Waals surface area contributed by atoms with Gasteiger partial charge in [-0.15, -0.1) is 0 Å². The summed E-state index contributed by atoms with van der Waals surface area (Å²) < 4.78 is 27.4. The third kappa shape index (κ3) is 2.69. The number of anilines is 1. The van der Waals surface area contributed by atoms with E-state index in [1.165, 1.54) is 11.3 Å². The second-order valence-electron chi connectivity index (χ2n) is 5.00. The number of rotatable bonds is 2. The molecule has 3 nitrogen and oxygen atoms in total. The fourth-order valence-corrected chi connectivity index (χ4v) is 3.01. The third-order valence-electron chi connectivity index (χ3n) is 3.40. The number of amides is 1. The molecular weight excluding hydrogens is 306 g/mol. The first-order chi connectivity index (χ1) is 10.4. The van der Waals surface area contributed by atoms with E-state index in [9.17, 15) is 13.6 Å². The number of carbonyl (C=O) groups excluding carboxylic acids is 1. The van der Waals surface area contributed by atoms with Crippen LogP contribution in [0.1, 0.15) is 21.5 Å². The van der Waals surface area contributed by atoms with Crippen molar-refractivity contribution in [2.45, 2.75) is 13.8 Å². The summed E-state index contributed by atoms with van der Waals surface area (Å²) in [4.78, 5) is 16.4. The first-order valence-corrected chi connectivity index (χ1v) is 7.40. The van der Waals surface area contributed by atoms with Gasteiger partial charge in [0.15, 0.2) is 5.13 Å². The molecule has 0 fully saturated rings. The van der Waals surface area contributed by atoms with Crippen LogP contribution in [0.3, 0.4) is 0 Å². The van der Waals surface area contributed by atoms with E-state index < -0.39 is 17.5 Å². The van der Waals surface area contributed by atoms with Gasteiger partial charge in [-0.25, -0.2) is 13.8 Å². The van der Waals surface area contributed by atoms with Crippen LogP contribution in [0.5, 0.6) is 0 Å². The molecule has 1 N–H and O–H groups in total. The molecule has 0 unspecified atom stereocenters. The minimum atomic E-state index is -0.898. The Bertz CT molecular complexity index is 850. The summed E-state index contributed by atoms with van der Waals surface area (Å²) in [6, 6.07) is 6.77. The number of nitrogens with one attached hydrogen (secondary N) is 1. The van der Waals surface area contributed by atoms with Crippen molar-refractivity contribution in [1.82, 2.24) is 4.98 Å². The van der Waals surface area contributed by atoms with E-state index in [1.54, 1.807) is 0 Å². The standard InChI is InChI=1S/C16H12F2N2OS/c1-8-5-13-14(6-9(8)2)22-16(19-13)20-15(21)11-4-3-10(17)7-12(11)18/h3-7H,1-2H3,(H,19,20,21). The molecule has 1 amide bonds. The Balaban J connectivity index is 1.90. The second kappa shape index (κ2) is 5.46.